The molecule has 0 unspecified atom stereocenters. The van der Waals surface area contributed by atoms with Gasteiger partial charge in [0, 0.05) is 6.42 Å². The van der Waals surface area contributed by atoms with Gasteiger partial charge >= 0.3 is 0 Å². The first-order valence-electron chi connectivity index (χ1n) is 10.2. The topological polar surface area (TPSA) is 70.8 Å². The molecule has 6 heteroatoms. The number of rotatable bonds is 4. The van der Waals surface area contributed by atoms with E-state index in [9.17, 15) is 4.79 Å². The number of quaternary nitrogens is 1. The smallest absolute Gasteiger partial charge is 0.226 e. The highest BCUT2D eigenvalue weighted by molar-refractivity contribution is 5.99. The van der Waals surface area contributed by atoms with Crippen molar-refractivity contribution in [3.8, 4) is 0 Å². The van der Waals surface area contributed by atoms with Gasteiger partial charge in [0.15, 0.2) is 5.78 Å². The summed E-state index contributed by atoms with van der Waals surface area (Å²) >= 11 is 0. The van der Waals surface area contributed by atoms with Crippen LogP contribution in [0.2, 0.25) is 0 Å². The third-order valence-electron chi connectivity index (χ3n) is 6.07. The summed E-state index contributed by atoms with van der Waals surface area (Å²) in [7, 11) is 0. The van der Waals surface area contributed by atoms with Crippen LogP contribution >= 0.6 is 0 Å². The molecule has 0 spiro atoms. The van der Waals surface area contributed by atoms with Gasteiger partial charge in [0.2, 0.25) is 5.95 Å². The van der Waals surface area contributed by atoms with E-state index in [0.29, 0.717) is 6.42 Å². The SMILES string of the molecule is Cc1ccc([C@H]2CC(=O)c3c(C)nc(N4CC[NH+](CCO)CC4)nc3C2)cc1. The minimum atomic E-state index is 0.160. The number of aliphatic hydroxyl groups excluding tert-OH is 1. The van der Waals surface area contributed by atoms with Crippen molar-refractivity contribution < 1.29 is 14.8 Å². The van der Waals surface area contributed by atoms with Gasteiger partial charge in [-0.1, -0.05) is 29.8 Å². The van der Waals surface area contributed by atoms with Gasteiger partial charge in [-0.3, -0.25) is 4.79 Å². The summed E-state index contributed by atoms with van der Waals surface area (Å²) in [4.78, 5) is 26.0. The molecule has 0 bridgehead atoms. The maximum absolute atomic E-state index is 12.8. The van der Waals surface area contributed by atoms with Crippen molar-refractivity contribution in [2.24, 2.45) is 0 Å². The molecule has 148 valence electrons. The summed E-state index contributed by atoms with van der Waals surface area (Å²) in [6.07, 6.45) is 1.32. The quantitative estimate of drug-likeness (QED) is 0.816. The number of carbonyl (C=O) groups excluding carboxylic acids is 1. The second-order valence-electron chi connectivity index (χ2n) is 8.08. The number of nitrogens with zero attached hydrogens (tertiary/aromatic N) is 3. The molecule has 4 rings (SSSR count). The fraction of sp³-hybridized carbons (Fsp3) is 0.500. The zero-order valence-corrected chi connectivity index (χ0v) is 16.7. The lowest BCUT2D eigenvalue weighted by molar-refractivity contribution is -0.900. The summed E-state index contributed by atoms with van der Waals surface area (Å²) in [5, 5.41) is 9.14. The van der Waals surface area contributed by atoms with Crippen LogP contribution in [0.15, 0.2) is 24.3 Å². The lowest BCUT2D eigenvalue weighted by Crippen LogP contribution is -3.15. The molecule has 2 N–H and O–H groups in total. The Kier molecular flexibility index (Phi) is 5.42. The van der Waals surface area contributed by atoms with Crippen LogP contribution in [-0.4, -0.2) is 60.2 Å². The molecule has 1 aliphatic carbocycles. The number of hydrogen-bond acceptors (Lipinski definition) is 5. The molecular weight excluding hydrogens is 352 g/mol. The largest absolute Gasteiger partial charge is 0.391 e. The molecule has 1 aromatic carbocycles. The monoisotopic (exact) mass is 381 g/mol. The average Bonchev–Trinajstić information content (AvgIpc) is 2.68. The van der Waals surface area contributed by atoms with Gasteiger partial charge in [0.05, 0.1) is 49.7 Å². The molecule has 1 aliphatic heterocycles. The van der Waals surface area contributed by atoms with Gasteiger partial charge in [-0.15, -0.1) is 0 Å². The van der Waals surface area contributed by atoms with E-state index in [2.05, 4.69) is 41.1 Å². The van der Waals surface area contributed by atoms with E-state index in [4.69, 9.17) is 10.1 Å². The summed E-state index contributed by atoms with van der Waals surface area (Å²) in [5.41, 5.74) is 4.88. The average molecular weight is 382 g/mol. The zero-order chi connectivity index (χ0) is 19.7. The van der Waals surface area contributed by atoms with Gasteiger partial charge < -0.3 is 14.9 Å². The Labute approximate surface area is 166 Å². The van der Waals surface area contributed by atoms with Gasteiger partial charge in [-0.25, -0.2) is 9.97 Å². The molecule has 1 aromatic heterocycles. The highest BCUT2D eigenvalue weighted by atomic mass is 16.3. The molecule has 6 nitrogen and oxygen atoms in total. The number of anilines is 1. The lowest BCUT2D eigenvalue weighted by Gasteiger charge is -2.33. The number of fused-ring (bicyclic) bond motifs is 1. The third kappa shape index (κ3) is 3.80. The predicted molar refractivity (Wildman–Crippen MR) is 108 cm³/mol. The second kappa shape index (κ2) is 7.97. The third-order valence-corrected chi connectivity index (χ3v) is 6.07. The second-order valence-corrected chi connectivity index (χ2v) is 8.08. The first-order valence-corrected chi connectivity index (χ1v) is 10.2. The molecular formula is C22H29N4O2+. The fourth-order valence-corrected chi connectivity index (χ4v) is 4.40. The van der Waals surface area contributed by atoms with Crippen LogP contribution in [-0.2, 0) is 6.42 Å². The Morgan fingerprint density at radius 2 is 1.82 bits per heavy atom. The van der Waals surface area contributed by atoms with Crippen LogP contribution in [0.3, 0.4) is 0 Å². The maximum Gasteiger partial charge on any atom is 0.226 e. The lowest BCUT2D eigenvalue weighted by atomic mass is 9.81. The summed E-state index contributed by atoms with van der Waals surface area (Å²) in [5.74, 6) is 1.10. The first-order chi connectivity index (χ1) is 13.5. The summed E-state index contributed by atoms with van der Waals surface area (Å²) in [6, 6.07) is 8.49. The molecule has 0 amide bonds. The number of benzene rings is 1. The van der Waals surface area contributed by atoms with E-state index in [1.54, 1.807) is 0 Å². The number of aryl methyl sites for hydroxylation is 2. The Morgan fingerprint density at radius 1 is 1.11 bits per heavy atom. The van der Waals surface area contributed by atoms with Crippen molar-refractivity contribution in [3.05, 3.63) is 52.3 Å². The number of carbonyl (C=O) groups is 1. The van der Waals surface area contributed by atoms with Crippen molar-refractivity contribution in [1.29, 1.82) is 0 Å². The van der Waals surface area contributed by atoms with Crippen LogP contribution in [0.4, 0.5) is 5.95 Å². The molecule has 2 aromatic rings. The number of Topliss-reactive ketones (excluding diaryl/α,β-unsaturated/α-hetero) is 1. The van der Waals surface area contributed by atoms with E-state index in [1.807, 2.05) is 6.92 Å². The van der Waals surface area contributed by atoms with Crippen LogP contribution in [0, 0.1) is 13.8 Å². The number of aromatic nitrogens is 2. The number of piperazine rings is 1. The van der Waals surface area contributed by atoms with E-state index >= 15 is 0 Å². The Balaban J connectivity index is 1.57. The summed E-state index contributed by atoms with van der Waals surface area (Å²) in [6.45, 7) is 8.75. The maximum atomic E-state index is 12.8. The molecule has 1 atom stereocenters. The van der Waals surface area contributed by atoms with E-state index in [0.717, 1.165) is 62.0 Å². The molecule has 0 radical (unpaired) electrons. The Hall–Kier alpha value is -2.31. The van der Waals surface area contributed by atoms with Crippen LogP contribution in [0.25, 0.3) is 0 Å². The minimum absolute atomic E-state index is 0.160. The first kappa shape index (κ1) is 19.0. The Morgan fingerprint density at radius 3 is 2.50 bits per heavy atom. The van der Waals surface area contributed by atoms with Crippen molar-refractivity contribution in [2.45, 2.75) is 32.6 Å². The molecule has 28 heavy (non-hydrogen) atoms. The molecule has 2 aliphatic rings. The fourth-order valence-electron chi connectivity index (χ4n) is 4.40. The number of ketones is 1. The van der Waals surface area contributed by atoms with Crippen LogP contribution < -0.4 is 9.80 Å². The van der Waals surface area contributed by atoms with Crippen LogP contribution in [0.1, 0.15) is 45.2 Å². The van der Waals surface area contributed by atoms with Crippen molar-refractivity contribution in [2.75, 3.05) is 44.2 Å². The van der Waals surface area contributed by atoms with Gasteiger partial charge in [0.25, 0.3) is 0 Å². The van der Waals surface area contributed by atoms with Gasteiger partial charge in [-0.05, 0) is 31.7 Å². The summed E-state index contributed by atoms with van der Waals surface area (Å²) < 4.78 is 0. The normalized spacial score (nSPS) is 20.3. The van der Waals surface area contributed by atoms with Crippen LogP contribution in [0.5, 0.6) is 0 Å². The van der Waals surface area contributed by atoms with Crippen molar-refractivity contribution in [3.63, 3.8) is 0 Å². The Bertz CT molecular complexity index is 858. The highest BCUT2D eigenvalue weighted by Gasteiger charge is 2.31. The molecule has 1 saturated heterocycles. The van der Waals surface area contributed by atoms with Gasteiger partial charge in [0.1, 0.15) is 6.54 Å². The molecule has 2 heterocycles. The van der Waals surface area contributed by atoms with Gasteiger partial charge in [-0.2, -0.15) is 0 Å². The predicted octanol–water partition coefficient (Wildman–Crippen LogP) is 0.703. The van der Waals surface area contributed by atoms with E-state index < -0.39 is 0 Å². The zero-order valence-electron chi connectivity index (χ0n) is 16.7. The number of nitrogens with one attached hydrogen (secondary N) is 1. The molecule has 0 saturated carbocycles. The number of aliphatic hydroxyl groups is 1. The number of hydrogen-bond donors (Lipinski definition) is 2. The van der Waals surface area contributed by atoms with Crippen molar-refractivity contribution >= 4 is 11.7 Å². The minimum Gasteiger partial charge on any atom is -0.391 e. The van der Waals surface area contributed by atoms with E-state index in [1.165, 1.54) is 16.0 Å². The van der Waals surface area contributed by atoms with Crippen molar-refractivity contribution in [1.82, 2.24) is 9.97 Å². The highest BCUT2D eigenvalue weighted by Crippen LogP contribution is 2.33. The van der Waals surface area contributed by atoms with E-state index in [-0.39, 0.29) is 18.3 Å². The standard InChI is InChI=1S/C22H28N4O2/c1-15-3-5-17(6-4-15)18-13-19-21(20(28)14-18)16(2)23-22(24-19)26-9-7-25(8-10-26)11-12-27/h3-6,18,27H,7-14H2,1-2H3/p+1/t18-/m1/s1. The molecule has 1 fully saturated rings.